The highest BCUT2D eigenvalue weighted by molar-refractivity contribution is 7.97. The van der Waals surface area contributed by atoms with Gasteiger partial charge in [-0.05, 0) is 41.5 Å². The Morgan fingerprint density at radius 3 is 2.21 bits per heavy atom. The minimum Gasteiger partial charge on any atom is -0.868 e. The van der Waals surface area contributed by atoms with Crippen LogP contribution in [0.5, 0.6) is 23.0 Å². The zero-order valence-corrected chi connectivity index (χ0v) is 20.9. The number of rotatable bonds is 5. The highest BCUT2D eigenvalue weighted by Crippen LogP contribution is 2.38. The van der Waals surface area contributed by atoms with Crippen molar-refractivity contribution in [2.45, 2.75) is 4.90 Å². The minimum absolute atomic E-state index is 0.178. The van der Waals surface area contributed by atoms with Crippen LogP contribution in [0.25, 0.3) is 10.9 Å². The van der Waals surface area contributed by atoms with Gasteiger partial charge in [-0.15, -0.1) is 0 Å². The van der Waals surface area contributed by atoms with Gasteiger partial charge in [-0.25, -0.2) is 0 Å². The number of benzene rings is 2. The summed E-state index contributed by atoms with van der Waals surface area (Å²) < 4.78 is 17.5. The lowest BCUT2D eigenvalue weighted by atomic mass is 10.1. The predicted octanol–water partition coefficient (Wildman–Crippen LogP) is 2.42. The zero-order valence-electron chi connectivity index (χ0n) is 19.3. The van der Waals surface area contributed by atoms with E-state index in [-0.39, 0.29) is 22.1 Å². The van der Waals surface area contributed by atoms with Crippen molar-refractivity contribution in [3.63, 3.8) is 0 Å². The zero-order chi connectivity index (χ0) is 24.6. The second-order valence-corrected chi connectivity index (χ2v) is 10.4. The third-order valence-electron chi connectivity index (χ3n) is 5.97. The maximum atomic E-state index is 13.2. The van der Waals surface area contributed by atoms with Crippen molar-refractivity contribution in [2.24, 2.45) is 7.05 Å². The van der Waals surface area contributed by atoms with Crippen LogP contribution < -0.4 is 24.9 Å². The number of carbonyl (C=O) groups is 1. The van der Waals surface area contributed by atoms with E-state index in [1.54, 1.807) is 42.3 Å². The van der Waals surface area contributed by atoms with Crippen molar-refractivity contribution in [3.8, 4) is 23.0 Å². The number of nitrogens with zero attached hydrogens (tertiary/aromatic N) is 2. The van der Waals surface area contributed by atoms with Crippen molar-refractivity contribution >= 4 is 39.3 Å². The molecule has 1 aromatic heterocycles. The van der Waals surface area contributed by atoms with Gasteiger partial charge in [-0.2, -0.15) is 0 Å². The highest BCUT2D eigenvalue weighted by Gasteiger charge is 2.35. The molecule has 3 aromatic rings. The van der Waals surface area contributed by atoms with Crippen molar-refractivity contribution in [2.75, 3.05) is 45.9 Å². The number of carbonyl (C=O) groups excluding carboxylic acids is 1. The number of methoxy groups -OCH3 is 3. The number of halogens is 1. The number of hydrogen-bond donors (Lipinski definition) is 0. The summed E-state index contributed by atoms with van der Waals surface area (Å²) in [4.78, 5) is 28.3. The molecule has 0 aliphatic carbocycles. The summed E-state index contributed by atoms with van der Waals surface area (Å²) in [7, 11) is 5.59. The molecule has 0 atom stereocenters. The molecule has 1 aliphatic rings. The van der Waals surface area contributed by atoms with E-state index in [0.29, 0.717) is 63.3 Å². The lowest BCUT2D eigenvalue weighted by molar-refractivity contribution is -0.270. The van der Waals surface area contributed by atoms with Gasteiger partial charge in [0.25, 0.3) is 5.91 Å². The lowest BCUT2D eigenvalue weighted by Crippen LogP contribution is -2.45. The molecule has 4 rings (SSSR count). The van der Waals surface area contributed by atoms with Crippen LogP contribution in [-0.2, 0) is 17.9 Å². The Hall–Kier alpha value is -3.04. The summed E-state index contributed by atoms with van der Waals surface area (Å²) >= 11 is 6.10. The number of amides is 1. The summed E-state index contributed by atoms with van der Waals surface area (Å²) in [6, 6.07) is 8.20. The third kappa shape index (κ3) is 4.14. The van der Waals surface area contributed by atoms with Crippen molar-refractivity contribution < 1.29 is 24.1 Å². The largest absolute Gasteiger partial charge is 0.868 e. The van der Waals surface area contributed by atoms with E-state index >= 15 is 0 Å². The fraction of sp³-hybridized carbons (Fsp3) is 0.333. The first kappa shape index (κ1) is 24.1. The first-order valence-electron chi connectivity index (χ1n) is 10.6. The molecule has 8 nitrogen and oxygen atoms in total. The van der Waals surface area contributed by atoms with E-state index in [4.69, 9.17) is 25.8 Å². The molecule has 0 saturated carbocycles. The molecule has 180 valence electrons. The molecule has 0 spiro atoms. The quantitative estimate of drug-likeness (QED) is 0.495. The normalized spacial score (nSPS) is 14.3. The van der Waals surface area contributed by atoms with E-state index in [1.807, 2.05) is 0 Å². The average Bonchev–Trinajstić information content (AvgIpc) is 2.86. The monoisotopic (exact) mass is 504 g/mol. The number of hydrogen-bond acceptors (Lipinski definition) is 6. The Morgan fingerprint density at radius 1 is 1.03 bits per heavy atom. The van der Waals surface area contributed by atoms with Crippen molar-refractivity contribution in [1.29, 1.82) is 0 Å². The number of aromatic nitrogens is 1. The standard InChI is InChI=1S/C24H25ClN2O6S/c1-26-17-6-5-15(25)13-16(17)20(28)22(24(26)30)34-9-7-27(8-10-34)23(29)14-11-18(31-2)21(33-4)19(12-14)32-3/h5-6,11-13H,7-10H2,1-4H3. The molecule has 1 saturated heterocycles. The highest BCUT2D eigenvalue weighted by atomic mass is 35.5. The van der Waals surface area contributed by atoms with Gasteiger partial charge in [0.05, 0.1) is 39.9 Å². The molecule has 1 aliphatic heterocycles. The lowest BCUT2D eigenvalue weighted by Gasteiger charge is -2.28. The summed E-state index contributed by atoms with van der Waals surface area (Å²) in [6.07, 6.45) is 0. The second-order valence-electron chi connectivity index (χ2n) is 7.79. The molecule has 2 heterocycles. The van der Waals surface area contributed by atoms with Crippen molar-refractivity contribution in [1.82, 2.24) is 9.47 Å². The van der Waals surface area contributed by atoms with Gasteiger partial charge in [-0.3, -0.25) is 9.59 Å². The Balaban J connectivity index is 1.59. The van der Waals surface area contributed by atoms with Crippen LogP contribution in [0.3, 0.4) is 0 Å². The maximum absolute atomic E-state index is 13.2. The van der Waals surface area contributed by atoms with Crippen molar-refractivity contribution in [3.05, 3.63) is 51.3 Å². The first-order chi connectivity index (χ1) is 16.3. The fourth-order valence-corrected chi connectivity index (χ4v) is 6.59. The Kier molecular flexibility index (Phi) is 6.86. The predicted molar refractivity (Wildman–Crippen MR) is 131 cm³/mol. The van der Waals surface area contributed by atoms with Gasteiger partial charge in [0.15, 0.2) is 11.5 Å². The van der Waals surface area contributed by atoms with Crippen LogP contribution in [0.4, 0.5) is 0 Å². The van der Waals surface area contributed by atoms with Crippen LogP contribution in [0.1, 0.15) is 10.4 Å². The Labute approximate surface area is 204 Å². The number of ether oxygens (including phenoxy) is 3. The molecule has 0 unspecified atom stereocenters. The molecule has 1 fully saturated rings. The Bertz CT molecular complexity index is 1290. The van der Waals surface area contributed by atoms with E-state index in [1.165, 1.54) is 25.9 Å². The SMILES string of the molecule is COc1cc(C(=O)N2CC[S+](c3c([O-])c4cc(Cl)ccc4n(C)c3=O)CC2)cc(OC)c1OC. The fourth-order valence-electron chi connectivity index (χ4n) is 4.17. The molecular weight excluding hydrogens is 480 g/mol. The molecule has 10 heteroatoms. The van der Waals surface area contributed by atoms with Crippen LogP contribution in [0.2, 0.25) is 5.02 Å². The molecule has 0 bridgehead atoms. The number of fused-ring (bicyclic) bond motifs is 1. The van der Waals surface area contributed by atoms with Gasteiger partial charge in [0, 0.05) is 28.5 Å². The third-order valence-corrected chi connectivity index (χ3v) is 8.50. The van der Waals surface area contributed by atoms with Gasteiger partial charge in [0.2, 0.25) is 10.6 Å². The molecule has 1 amide bonds. The van der Waals surface area contributed by atoms with Crippen LogP contribution in [0.15, 0.2) is 40.0 Å². The summed E-state index contributed by atoms with van der Waals surface area (Å²) in [5.41, 5.74) is 0.688. The summed E-state index contributed by atoms with van der Waals surface area (Å²) in [5.74, 6) is 1.83. The summed E-state index contributed by atoms with van der Waals surface area (Å²) in [5, 5.41) is 14.1. The van der Waals surface area contributed by atoms with E-state index < -0.39 is 10.9 Å². The number of pyridine rings is 1. The van der Waals surface area contributed by atoms with Gasteiger partial charge < -0.3 is 28.8 Å². The van der Waals surface area contributed by atoms with E-state index in [2.05, 4.69) is 0 Å². The smallest absolute Gasteiger partial charge is 0.305 e. The molecule has 34 heavy (non-hydrogen) atoms. The molecular formula is C24H25ClN2O6S. The average molecular weight is 505 g/mol. The Morgan fingerprint density at radius 2 is 1.65 bits per heavy atom. The van der Waals surface area contributed by atoms with Crippen LogP contribution >= 0.6 is 11.6 Å². The first-order valence-corrected chi connectivity index (χ1v) is 12.5. The van der Waals surface area contributed by atoms with Crippen LogP contribution in [-0.4, -0.2) is 61.3 Å². The second kappa shape index (κ2) is 9.68. The summed E-state index contributed by atoms with van der Waals surface area (Å²) in [6.45, 7) is 0.851. The van der Waals surface area contributed by atoms with E-state index in [9.17, 15) is 14.7 Å². The van der Waals surface area contributed by atoms with Gasteiger partial charge in [0.1, 0.15) is 11.5 Å². The molecule has 0 radical (unpaired) electrons. The molecule has 0 N–H and O–H groups in total. The van der Waals surface area contributed by atoms with Gasteiger partial charge >= 0.3 is 5.56 Å². The van der Waals surface area contributed by atoms with Crippen LogP contribution in [0, 0.1) is 0 Å². The maximum Gasteiger partial charge on any atom is 0.305 e. The van der Waals surface area contributed by atoms with E-state index in [0.717, 1.165) is 0 Å². The minimum atomic E-state index is -0.567. The van der Waals surface area contributed by atoms with Gasteiger partial charge in [-0.1, -0.05) is 11.6 Å². The number of aryl methyl sites for hydroxylation is 1. The molecule has 2 aromatic carbocycles. The topological polar surface area (TPSA) is 93.1 Å².